The fourth-order valence-electron chi connectivity index (χ4n) is 0.921. The standard InChI is InChI=1S/C7H6ClN3S/c1-2-4-11-5-6(8)9-3-10-7(5)12-4/h3H,2H2,1H3. The molecule has 0 saturated carbocycles. The van der Waals surface area contributed by atoms with E-state index in [0.717, 1.165) is 21.8 Å². The Hall–Kier alpha value is -0.740. The lowest BCUT2D eigenvalue weighted by molar-refractivity contribution is 1.10. The predicted octanol–water partition coefficient (Wildman–Crippen LogP) is 2.30. The lowest BCUT2D eigenvalue weighted by Crippen LogP contribution is -1.80. The highest BCUT2D eigenvalue weighted by Gasteiger charge is 2.06. The zero-order valence-corrected chi connectivity index (χ0v) is 7.98. The van der Waals surface area contributed by atoms with Crippen LogP contribution in [-0.4, -0.2) is 15.0 Å². The summed E-state index contributed by atoms with van der Waals surface area (Å²) < 4.78 is 0. The van der Waals surface area contributed by atoms with Crippen molar-refractivity contribution in [1.82, 2.24) is 15.0 Å². The van der Waals surface area contributed by atoms with Gasteiger partial charge in [-0.1, -0.05) is 29.9 Å². The summed E-state index contributed by atoms with van der Waals surface area (Å²) in [6.07, 6.45) is 2.37. The fourth-order valence-corrected chi connectivity index (χ4v) is 2.00. The van der Waals surface area contributed by atoms with Gasteiger partial charge in [-0.15, -0.1) is 0 Å². The van der Waals surface area contributed by atoms with Crippen molar-refractivity contribution in [2.24, 2.45) is 0 Å². The number of thiazole rings is 1. The minimum absolute atomic E-state index is 0.441. The van der Waals surface area contributed by atoms with E-state index >= 15 is 0 Å². The molecule has 0 bridgehead atoms. The molecule has 0 atom stereocenters. The van der Waals surface area contributed by atoms with E-state index in [4.69, 9.17) is 11.6 Å². The Balaban J connectivity index is 2.74. The highest BCUT2D eigenvalue weighted by Crippen LogP contribution is 2.24. The molecule has 2 aromatic rings. The Bertz CT molecular complexity index is 412. The van der Waals surface area contributed by atoms with Crippen molar-refractivity contribution in [3.05, 3.63) is 16.5 Å². The lowest BCUT2D eigenvalue weighted by Gasteiger charge is -1.86. The maximum absolute atomic E-state index is 5.82. The molecule has 2 heterocycles. The zero-order valence-electron chi connectivity index (χ0n) is 6.41. The van der Waals surface area contributed by atoms with Gasteiger partial charge in [0.1, 0.15) is 16.7 Å². The van der Waals surface area contributed by atoms with Gasteiger partial charge >= 0.3 is 0 Å². The van der Waals surface area contributed by atoms with Gasteiger partial charge in [0, 0.05) is 0 Å². The van der Waals surface area contributed by atoms with E-state index in [2.05, 4.69) is 21.9 Å². The molecular formula is C7H6ClN3S. The van der Waals surface area contributed by atoms with Crippen molar-refractivity contribution in [1.29, 1.82) is 0 Å². The number of aryl methyl sites for hydroxylation is 1. The van der Waals surface area contributed by atoms with E-state index in [-0.39, 0.29) is 0 Å². The lowest BCUT2D eigenvalue weighted by atomic mass is 10.5. The van der Waals surface area contributed by atoms with E-state index in [1.165, 1.54) is 6.33 Å². The summed E-state index contributed by atoms with van der Waals surface area (Å²) in [5.41, 5.74) is 0.723. The highest BCUT2D eigenvalue weighted by atomic mass is 35.5. The monoisotopic (exact) mass is 199 g/mol. The smallest absolute Gasteiger partial charge is 0.159 e. The molecule has 0 spiro atoms. The van der Waals surface area contributed by atoms with Gasteiger partial charge in [0.15, 0.2) is 5.15 Å². The van der Waals surface area contributed by atoms with Crippen molar-refractivity contribution in [3.63, 3.8) is 0 Å². The third-order valence-electron chi connectivity index (χ3n) is 1.50. The maximum atomic E-state index is 5.82. The Morgan fingerprint density at radius 1 is 1.50 bits per heavy atom. The number of hydrogen-bond acceptors (Lipinski definition) is 4. The van der Waals surface area contributed by atoms with Crippen LogP contribution in [0.3, 0.4) is 0 Å². The topological polar surface area (TPSA) is 38.7 Å². The van der Waals surface area contributed by atoms with Gasteiger partial charge in [-0.3, -0.25) is 0 Å². The van der Waals surface area contributed by atoms with Crippen LogP contribution >= 0.6 is 22.9 Å². The molecule has 2 aromatic heterocycles. The number of rotatable bonds is 1. The van der Waals surface area contributed by atoms with Gasteiger partial charge < -0.3 is 0 Å². The van der Waals surface area contributed by atoms with E-state index in [0.29, 0.717) is 5.15 Å². The molecule has 0 fully saturated rings. The minimum atomic E-state index is 0.441. The summed E-state index contributed by atoms with van der Waals surface area (Å²) in [6.45, 7) is 2.05. The van der Waals surface area contributed by atoms with E-state index in [1.807, 2.05) is 0 Å². The van der Waals surface area contributed by atoms with Crippen LogP contribution in [-0.2, 0) is 6.42 Å². The number of nitrogens with zero attached hydrogens (tertiary/aromatic N) is 3. The molecule has 62 valence electrons. The van der Waals surface area contributed by atoms with Crippen molar-refractivity contribution >= 4 is 33.3 Å². The average Bonchev–Trinajstić information content (AvgIpc) is 2.49. The van der Waals surface area contributed by atoms with Gasteiger partial charge in [-0.2, -0.15) is 0 Å². The first-order chi connectivity index (χ1) is 5.81. The molecule has 0 aliphatic carbocycles. The van der Waals surface area contributed by atoms with Gasteiger partial charge in [0.25, 0.3) is 0 Å². The number of hydrogen-bond donors (Lipinski definition) is 0. The molecular weight excluding hydrogens is 194 g/mol. The van der Waals surface area contributed by atoms with Crippen molar-refractivity contribution in [2.45, 2.75) is 13.3 Å². The summed E-state index contributed by atoms with van der Waals surface area (Å²) >= 11 is 7.39. The molecule has 3 nitrogen and oxygen atoms in total. The van der Waals surface area contributed by atoms with Gasteiger partial charge in [0.05, 0.1) is 5.01 Å². The second-order valence-electron chi connectivity index (χ2n) is 2.28. The number of aromatic nitrogens is 3. The summed E-state index contributed by atoms with van der Waals surface area (Å²) in [7, 11) is 0. The molecule has 0 N–H and O–H groups in total. The van der Waals surface area contributed by atoms with Crippen LogP contribution in [0.5, 0.6) is 0 Å². The van der Waals surface area contributed by atoms with Gasteiger partial charge in [-0.25, -0.2) is 15.0 Å². The Morgan fingerprint density at radius 3 is 3.00 bits per heavy atom. The largest absolute Gasteiger partial charge is 0.236 e. The first-order valence-electron chi connectivity index (χ1n) is 3.57. The van der Waals surface area contributed by atoms with Crippen LogP contribution in [0.25, 0.3) is 10.3 Å². The van der Waals surface area contributed by atoms with Crippen molar-refractivity contribution in [2.75, 3.05) is 0 Å². The minimum Gasteiger partial charge on any atom is -0.236 e. The van der Waals surface area contributed by atoms with Crippen LogP contribution in [0.15, 0.2) is 6.33 Å². The molecule has 12 heavy (non-hydrogen) atoms. The number of fused-ring (bicyclic) bond motifs is 1. The van der Waals surface area contributed by atoms with E-state index in [9.17, 15) is 0 Å². The van der Waals surface area contributed by atoms with Gasteiger partial charge in [-0.05, 0) is 6.42 Å². The molecule has 0 amide bonds. The molecule has 0 radical (unpaired) electrons. The summed E-state index contributed by atoms with van der Waals surface area (Å²) in [5, 5.41) is 1.49. The second-order valence-corrected chi connectivity index (χ2v) is 3.70. The average molecular weight is 200 g/mol. The summed E-state index contributed by atoms with van der Waals surface area (Å²) in [4.78, 5) is 13.1. The SMILES string of the molecule is CCc1nc2c(Cl)ncnc2s1. The molecule has 0 aliphatic heterocycles. The molecule has 5 heteroatoms. The normalized spacial score (nSPS) is 10.8. The third-order valence-corrected chi connectivity index (χ3v) is 2.88. The van der Waals surface area contributed by atoms with Crippen LogP contribution in [0, 0.1) is 0 Å². The van der Waals surface area contributed by atoms with Crippen molar-refractivity contribution in [3.8, 4) is 0 Å². The molecule has 0 unspecified atom stereocenters. The highest BCUT2D eigenvalue weighted by molar-refractivity contribution is 7.18. The van der Waals surface area contributed by atoms with Crippen LogP contribution < -0.4 is 0 Å². The molecule has 0 aromatic carbocycles. The first-order valence-corrected chi connectivity index (χ1v) is 4.76. The van der Waals surface area contributed by atoms with E-state index in [1.54, 1.807) is 11.3 Å². The van der Waals surface area contributed by atoms with Crippen LogP contribution in [0.2, 0.25) is 5.15 Å². The van der Waals surface area contributed by atoms with Crippen LogP contribution in [0.1, 0.15) is 11.9 Å². The predicted molar refractivity (Wildman–Crippen MR) is 49.6 cm³/mol. The van der Waals surface area contributed by atoms with Gasteiger partial charge in [0.2, 0.25) is 0 Å². The third kappa shape index (κ3) is 1.17. The Morgan fingerprint density at radius 2 is 2.33 bits per heavy atom. The Labute approximate surface area is 78.4 Å². The quantitative estimate of drug-likeness (QED) is 0.662. The molecule has 0 saturated heterocycles. The maximum Gasteiger partial charge on any atom is 0.159 e. The second kappa shape index (κ2) is 2.95. The molecule has 2 rings (SSSR count). The molecule has 0 aliphatic rings. The van der Waals surface area contributed by atoms with Crippen molar-refractivity contribution < 1.29 is 0 Å². The summed E-state index contributed by atoms with van der Waals surface area (Å²) in [5.74, 6) is 0. The first kappa shape index (κ1) is 7.89. The van der Waals surface area contributed by atoms with Crippen LogP contribution in [0.4, 0.5) is 0 Å². The Kier molecular flexibility index (Phi) is 1.94. The summed E-state index contributed by atoms with van der Waals surface area (Å²) in [6, 6.07) is 0. The fraction of sp³-hybridized carbons (Fsp3) is 0.286. The van der Waals surface area contributed by atoms with E-state index < -0.39 is 0 Å². The zero-order chi connectivity index (χ0) is 8.55. The number of halogens is 1.